The van der Waals surface area contributed by atoms with Gasteiger partial charge in [-0.1, -0.05) is 18.2 Å². The average molecular weight is 390 g/mol. The number of aryl methyl sites for hydroxylation is 2. The summed E-state index contributed by atoms with van der Waals surface area (Å²) in [5, 5.41) is 7.88. The molecule has 2 aromatic carbocycles. The summed E-state index contributed by atoms with van der Waals surface area (Å²) in [6.07, 6.45) is 0. The number of fused-ring (bicyclic) bond motifs is 1. The first-order chi connectivity index (χ1) is 13.9. The molecular weight excluding hydrogens is 371 g/mol. The van der Waals surface area contributed by atoms with Gasteiger partial charge in [-0.05, 0) is 54.3 Å². The lowest BCUT2D eigenvalue weighted by Crippen LogP contribution is -2.27. The van der Waals surface area contributed by atoms with Crippen LogP contribution in [0.2, 0.25) is 0 Å². The number of pyridine rings is 1. The second kappa shape index (κ2) is 7.35. The van der Waals surface area contributed by atoms with Gasteiger partial charge in [0.1, 0.15) is 5.82 Å². The fourth-order valence-electron chi connectivity index (χ4n) is 3.24. The monoisotopic (exact) mass is 390 g/mol. The Labute approximate surface area is 166 Å². The minimum Gasteiger partial charge on any atom is -0.346 e. The van der Waals surface area contributed by atoms with Crippen molar-refractivity contribution in [1.29, 1.82) is 0 Å². The van der Waals surface area contributed by atoms with Gasteiger partial charge in [0.15, 0.2) is 5.69 Å². The van der Waals surface area contributed by atoms with Gasteiger partial charge in [0.2, 0.25) is 0 Å². The molecule has 0 bridgehead atoms. The van der Waals surface area contributed by atoms with Crippen LogP contribution >= 0.6 is 0 Å². The van der Waals surface area contributed by atoms with Gasteiger partial charge in [0.05, 0.1) is 5.69 Å². The molecule has 0 spiro atoms. The molecule has 6 nitrogen and oxygen atoms in total. The van der Waals surface area contributed by atoms with E-state index in [2.05, 4.69) is 15.4 Å². The molecule has 146 valence electrons. The number of aromatic nitrogens is 3. The van der Waals surface area contributed by atoms with Crippen molar-refractivity contribution in [3.05, 3.63) is 87.6 Å². The SMILES string of the molecule is Cc1cc(-c2cc(C(=O)NCc3cc4ccccc4[nH]c3=O)nn2C)ccc1F. The summed E-state index contributed by atoms with van der Waals surface area (Å²) in [7, 11) is 1.72. The number of benzene rings is 2. The van der Waals surface area contributed by atoms with Crippen molar-refractivity contribution >= 4 is 16.8 Å². The molecule has 0 saturated carbocycles. The Bertz CT molecular complexity index is 1290. The summed E-state index contributed by atoms with van der Waals surface area (Å²) in [5.74, 6) is -0.673. The maximum atomic E-state index is 13.5. The van der Waals surface area contributed by atoms with Crippen LogP contribution in [-0.4, -0.2) is 20.7 Å². The standard InChI is InChI=1S/C22H19FN4O2/c1-13-9-15(7-8-17(13)23)20-11-19(26-27(20)2)22(29)24-12-16-10-14-5-3-4-6-18(14)25-21(16)28/h3-11H,12H2,1-2H3,(H,24,29)(H,25,28). The topological polar surface area (TPSA) is 79.8 Å². The second-order valence-electron chi connectivity index (χ2n) is 6.90. The third-order valence-corrected chi connectivity index (χ3v) is 4.84. The largest absolute Gasteiger partial charge is 0.346 e. The zero-order valence-corrected chi connectivity index (χ0v) is 16.0. The summed E-state index contributed by atoms with van der Waals surface area (Å²) in [6, 6.07) is 15.6. The van der Waals surface area contributed by atoms with Crippen LogP contribution in [0.25, 0.3) is 22.2 Å². The zero-order chi connectivity index (χ0) is 20.5. The molecular formula is C22H19FN4O2. The van der Waals surface area contributed by atoms with Gasteiger partial charge in [-0.15, -0.1) is 0 Å². The molecule has 0 atom stereocenters. The Morgan fingerprint density at radius 2 is 1.97 bits per heavy atom. The molecule has 0 aliphatic heterocycles. The fraction of sp³-hybridized carbons (Fsp3) is 0.136. The number of nitrogens with zero attached hydrogens (tertiary/aromatic N) is 2. The van der Waals surface area contributed by atoms with Crippen molar-refractivity contribution in [1.82, 2.24) is 20.1 Å². The van der Waals surface area contributed by atoms with Gasteiger partial charge < -0.3 is 10.3 Å². The predicted octanol–water partition coefficient (Wildman–Crippen LogP) is 3.31. The van der Waals surface area contributed by atoms with E-state index in [0.717, 1.165) is 16.5 Å². The van der Waals surface area contributed by atoms with Crippen LogP contribution in [0, 0.1) is 12.7 Å². The van der Waals surface area contributed by atoms with E-state index >= 15 is 0 Å². The van der Waals surface area contributed by atoms with Gasteiger partial charge in [-0.25, -0.2) is 4.39 Å². The van der Waals surface area contributed by atoms with Crippen LogP contribution in [0.3, 0.4) is 0 Å². The highest BCUT2D eigenvalue weighted by Gasteiger charge is 2.15. The van der Waals surface area contributed by atoms with E-state index in [0.29, 0.717) is 16.8 Å². The van der Waals surface area contributed by atoms with E-state index < -0.39 is 5.91 Å². The number of H-pyrrole nitrogens is 1. The summed E-state index contributed by atoms with van der Waals surface area (Å²) in [5.41, 5.74) is 3.17. The molecule has 2 aromatic heterocycles. The van der Waals surface area contributed by atoms with Crippen LogP contribution in [-0.2, 0) is 13.6 Å². The molecule has 2 heterocycles. The molecule has 29 heavy (non-hydrogen) atoms. The van der Waals surface area contributed by atoms with E-state index in [9.17, 15) is 14.0 Å². The third kappa shape index (κ3) is 3.67. The lowest BCUT2D eigenvalue weighted by atomic mass is 10.1. The number of hydrogen-bond acceptors (Lipinski definition) is 3. The van der Waals surface area contributed by atoms with E-state index in [-0.39, 0.29) is 23.6 Å². The number of para-hydroxylation sites is 1. The number of nitrogens with one attached hydrogen (secondary N) is 2. The maximum absolute atomic E-state index is 13.5. The molecule has 0 unspecified atom stereocenters. The van der Waals surface area contributed by atoms with Crippen LogP contribution in [0.15, 0.2) is 59.4 Å². The summed E-state index contributed by atoms with van der Waals surface area (Å²) < 4.78 is 15.1. The van der Waals surface area contributed by atoms with Crippen molar-refractivity contribution in [2.24, 2.45) is 7.05 Å². The normalized spacial score (nSPS) is 11.0. The number of rotatable bonds is 4. The van der Waals surface area contributed by atoms with E-state index in [1.807, 2.05) is 24.3 Å². The molecule has 0 aliphatic rings. The lowest BCUT2D eigenvalue weighted by Gasteiger charge is -2.04. The zero-order valence-electron chi connectivity index (χ0n) is 16.0. The minimum atomic E-state index is -0.391. The first-order valence-corrected chi connectivity index (χ1v) is 9.12. The van der Waals surface area contributed by atoms with Gasteiger partial charge in [-0.2, -0.15) is 5.10 Å². The first kappa shape index (κ1) is 18.6. The van der Waals surface area contributed by atoms with Crippen LogP contribution in [0.1, 0.15) is 21.6 Å². The van der Waals surface area contributed by atoms with Crippen LogP contribution in [0.5, 0.6) is 0 Å². The Hall–Kier alpha value is -3.74. The molecule has 0 fully saturated rings. The third-order valence-electron chi connectivity index (χ3n) is 4.84. The number of hydrogen-bond donors (Lipinski definition) is 2. The molecule has 7 heteroatoms. The molecule has 0 aliphatic carbocycles. The molecule has 4 aromatic rings. The van der Waals surface area contributed by atoms with Crippen molar-refractivity contribution in [3.63, 3.8) is 0 Å². The van der Waals surface area contributed by atoms with E-state index in [1.165, 1.54) is 6.07 Å². The van der Waals surface area contributed by atoms with Gasteiger partial charge in [-0.3, -0.25) is 14.3 Å². The molecule has 0 saturated heterocycles. The summed E-state index contributed by atoms with van der Waals surface area (Å²) in [6.45, 7) is 1.77. The molecule has 2 N–H and O–H groups in total. The highest BCUT2D eigenvalue weighted by molar-refractivity contribution is 5.93. The van der Waals surface area contributed by atoms with Gasteiger partial charge in [0, 0.05) is 30.2 Å². The molecule has 4 rings (SSSR count). The smallest absolute Gasteiger partial charge is 0.272 e. The van der Waals surface area contributed by atoms with Crippen LogP contribution in [0.4, 0.5) is 4.39 Å². The molecule has 1 amide bonds. The number of aromatic amines is 1. The first-order valence-electron chi connectivity index (χ1n) is 9.12. The lowest BCUT2D eigenvalue weighted by molar-refractivity contribution is 0.0945. The highest BCUT2D eigenvalue weighted by Crippen LogP contribution is 2.22. The quantitative estimate of drug-likeness (QED) is 0.561. The van der Waals surface area contributed by atoms with Crippen LogP contribution < -0.4 is 10.9 Å². The Balaban J connectivity index is 1.54. The highest BCUT2D eigenvalue weighted by atomic mass is 19.1. The predicted molar refractivity (Wildman–Crippen MR) is 109 cm³/mol. The number of amides is 1. The van der Waals surface area contributed by atoms with Crippen molar-refractivity contribution in [2.75, 3.05) is 0 Å². The Kier molecular flexibility index (Phi) is 4.72. The van der Waals surface area contributed by atoms with Crippen molar-refractivity contribution in [2.45, 2.75) is 13.5 Å². The summed E-state index contributed by atoms with van der Waals surface area (Å²) >= 11 is 0. The number of halogens is 1. The number of carbonyl (C=O) groups is 1. The Morgan fingerprint density at radius 3 is 2.76 bits per heavy atom. The van der Waals surface area contributed by atoms with Crippen molar-refractivity contribution in [3.8, 4) is 11.3 Å². The van der Waals surface area contributed by atoms with Gasteiger partial charge >= 0.3 is 0 Å². The summed E-state index contributed by atoms with van der Waals surface area (Å²) in [4.78, 5) is 27.6. The average Bonchev–Trinajstić information content (AvgIpc) is 3.10. The Morgan fingerprint density at radius 1 is 1.17 bits per heavy atom. The second-order valence-corrected chi connectivity index (χ2v) is 6.90. The number of carbonyl (C=O) groups excluding carboxylic acids is 1. The van der Waals surface area contributed by atoms with E-state index in [1.54, 1.807) is 42.9 Å². The maximum Gasteiger partial charge on any atom is 0.272 e. The van der Waals surface area contributed by atoms with Gasteiger partial charge in [0.25, 0.3) is 11.5 Å². The molecule has 0 radical (unpaired) electrons. The minimum absolute atomic E-state index is 0.0839. The van der Waals surface area contributed by atoms with E-state index in [4.69, 9.17) is 0 Å². The van der Waals surface area contributed by atoms with Crippen molar-refractivity contribution < 1.29 is 9.18 Å². The fourth-order valence-corrected chi connectivity index (χ4v) is 3.24.